The number of ether oxygens (including phenoxy) is 2. The minimum Gasteiger partial charge on any atom is -0.468 e. The zero-order valence-corrected chi connectivity index (χ0v) is 18.0. The van der Waals surface area contributed by atoms with Gasteiger partial charge in [0.05, 0.1) is 18.4 Å². The smallest absolute Gasteiger partial charge is 0.337 e. The molecule has 4 rings (SSSR count). The zero-order chi connectivity index (χ0) is 21.3. The molecule has 2 unspecified atom stereocenters. The van der Waals surface area contributed by atoms with E-state index >= 15 is 0 Å². The summed E-state index contributed by atoms with van der Waals surface area (Å²) in [7, 11) is 1.36. The second kappa shape index (κ2) is 8.48. The van der Waals surface area contributed by atoms with Gasteiger partial charge < -0.3 is 9.47 Å². The van der Waals surface area contributed by atoms with Crippen LogP contribution in [0.4, 0.5) is 0 Å². The lowest BCUT2D eigenvalue weighted by Crippen LogP contribution is -2.35. The number of aliphatic imine (C=N–C) groups is 1. The molecule has 0 aliphatic carbocycles. The summed E-state index contributed by atoms with van der Waals surface area (Å²) in [5.41, 5.74) is 5.09. The van der Waals surface area contributed by atoms with Gasteiger partial charge in [0.2, 0.25) is 0 Å². The number of aryl methyl sites for hydroxylation is 1. The Bertz CT molecular complexity index is 1070. The fourth-order valence-corrected chi connectivity index (χ4v) is 5.14. The fraction of sp³-hybridized carbons (Fsp3) is 0.292. The number of carbonyl (C=O) groups is 2. The molecule has 2 aromatic rings. The van der Waals surface area contributed by atoms with Crippen LogP contribution in [0.3, 0.4) is 0 Å². The Balaban J connectivity index is 1.74. The van der Waals surface area contributed by atoms with Gasteiger partial charge in [-0.1, -0.05) is 48.0 Å². The Kier molecular flexibility index (Phi) is 5.77. The molecular weight excluding hydrogens is 398 g/mol. The van der Waals surface area contributed by atoms with Gasteiger partial charge in [0.1, 0.15) is 12.5 Å². The molecule has 2 aliphatic heterocycles. The van der Waals surface area contributed by atoms with E-state index < -0.39 is 23.8 Å². The monoisotopic (exact) mass is 421 g/mol. The Hall–Kier alpha value is -2.86. The van der Waals surface area contributed by atoms with E-state index in [1.54, 1.807) is 11.8 Å². The van der Waals surface area contributed by atoms with E-state index in [0.717, 1.165) is 16.2 Å². The highest BCUT2D eigenvalue weighted by atomic mass is 32.2. The summed E-state index contributed by atoms with van der Waals surface area (Å²) in [5, 5.41) is 0. The molecule has 30 heavy (non-hydrogen) atoms. The molecule has 2 atom stereocenters. The van der Waals surface area contributed by atoms with E-state index in [2.05, 4.69) is 36.2 Å². The molecule has 2 aromatic carbocycles. The van der Waals surface area contributed by atoms with Crippen LogP contribution < -0.4 is 0 Å². The first-order chi connectivity index (χ1) is 14.5. The van der Waals surface area contributed by atoms with Crippen molar-refractivity contribution in [1.29, 1.82) is 0 Å². The number of carbonyl (C=O) groups excluding carboxylic acids is 2. The van der Waals surface area contributed by atoms with Gasteiger partial charge in [-0.3, -0.25) is 9.79 Å². The molecule has 6 heteroatoms. The van der Waals surface area contributed by atoms with Gasteiger partial charge in [-0.15, -0.1) is 11.8 Å². The van der Waals surface area contributed by atoms with Gasteiger partial charge in [-0.05, 0) is 31.0 Å². The summed E-state index contributed by atoms with van der Waals surface area (Å²) >= 11 is 1.69. The molecule has 2 aliphatic rings. The van der Waals surface area contributed by atoms with Crippen molar-refractivity contribution < 1.29 is 19.1 Å². The average Bonchev–Trinajstić information content (AvgIpc) is 3.11. The first-order valence-corrected chi connectivity index (χ1v) is 10.8. The molecule has 0 bridgehead atoms. The topological polar surface area (TPSA) is 65.0 Å². The van der Waals surface area contributed by atoms with Crippen LogP contribution in [0.15, 0.2) is 69.7 Å². The zero-order valence-electron chi connectivity index (χ0n) is 17.2. The molecule has 0 N–H and O–H groups in total. The maximum absolute atomic E-state index is 12.7. The highest BCUT2D eigenvalue weighted by Crippen LogP contribution is 2.45. The van der Waals surface area contributed by atoms with Gasteiger partial charge in [0.15, 0.2) is 0 Å². The number of rotatable bonds is 5. The van der Waals surface area contributed by atoms with Crippen LogP contribution in [0.25, 0.3) is 0 Å². The Morgan fingerprint density at radius 1 is 1.20 bits per heavy atom. The number of thioether (sulfide) groups is 1. The number of esters is 2. The Labute approximate surface area is 180 Å². The van der Waals surface area contributed by atoms with Crippen LogP contribution in [0.5, 0.6) is 0 Å². The molecule has 5 nitrogen and oxygen atoms in total. The number of benzene rings is 2. The standard InChI is InChI=1S/C24H23NO4S/c1-14-7-6-8-16(11-14)13-30-19-10-5-4-9-17(19)21-20(23(26)28-3)15(2)25-18-12-29-24(27)22(18)21/h4-11,20-21H,12-13H2,1-3H3. The summed E-state index contributed by atoms with van der Waals surface area (Å²) in [5.74, 6) is -1.14. The lowest BCUT2D eigenvalue weighted by Gasteiger charge is -2.30. The van der Waals surface area contributed by atoms with Gasteiger partial charge >= 0.3 is 11.9 Å². The van der Waals surface area contributed by atoms with E-state index in [9.17, 15) is 9.59 Å². The van der Waals surface area contributed by atoms with Gasteiger partial charge in [-0.25, -0.2) is 4.79 Å². The third kappa shape index (κ3) is 3.79. The summed E-state index contributed by atoms with van der Waals surface area (Å²) in [6.07, 6.45) is 0. The van der Waals surface area contributed by atoms with E-state index in [1.165, 1.54) is 18.2 Å². The normalized spacial score (nSPS) is 20.5. The van der Waals surface area contributed by atoms with Crippen LogP contribution in [-0.2, 0) is 24.8 Å². The summed E-state index contributed by atoms with van der Waals surface area (Å²) < 4.78 is 10.3. The highest BCUT2D eigenvalue weighted by molar-refractivity contribution is 7.98. The quantitative estimate of drug-likeness (QED) is 0.527. The molecule has 0 aromatic heterocycles. The first kappa shape index (κ1) is 20.4. The highest BCUT2D eigenvalue weighted by Gasteiger charge is 2.45. The molecule has 0 spiro atoms. The molecule has 154 valence electrons. The predicted molar refractivity (Wildman–Crippen MR) is 117 cm³/mol. The minimum absolute atomic E-state index is 0.147. The Morgan fingerprint density at radius 2 is 2.00 bits per heavy atom. The van der Waals surface area contributed by atoms with Crippen molar-refractivity contribution in [3.63, 3.8) is 0 Å². The summed E-state index contributed by atoms with van der Waals surface area (Å²) in [6, 6.07) is 16.3. The summed E-state index contributed by atoms with van der Waals surface area (Å²) in [6.45, 7) is 4.03. The van der Waals surface area contributed by atoms with E-state index in [1.807, 2.05) is 31.2 Å². The lowest BCUT2D eigenvalue weighted by molar-refractivity contribution is -0.143. The van der Waals surface area contributed by atoms with E-state index in [0.29, 0.717) is 17.0 Å². The van der Waals surface area contributed by atoms with Crippen LogP contribution in [0.2, 0.25) is 0 Å². The number of hydrogen-bond donors (Lipinski definition) is 0. The number of nitrogens with zero attached hydrogens (tertiary/aromatic N) is 1. The van der Waals surface area contributed by atoms with Crippen molar-refractivity contribution >= 4 is 29.4 Å². The largest absolute Gasteiger partial charge is 0.468 e. The molecule has 0 saturated carbocycles. The molecular formula is C24H23NO4S. The molecule has 2 heterocycles. The van der Waals surface area contributed by atoms with E-state index in [-0.39, 0.29) is 6.61 Å². The van der Waals surface area contributed by atoms with Crippen molar-refractivity contribution in [3.8, 4) is 0 Å². The van der Waals surface area contributed by atoms with E-state index in [4.69, 9.17) is 9.47 Å². The van der Waals surface area contributed by atoms with Gasteiger partial charge in [0.25, 0.3) is 0 Å². The number of methoxy groups -OCH3 is 1. The average molecular weight is 422 g/mol. The molecule has 0 fully saturated rings. The minimum atomic E-state index is -0.653. The maximum Gasteiger partial charge on any atom is 0.337 e. The van der Waals surface area contributed by atoms with Crippen LogP contribution >= 0.6 is 11.8 Å². The van der Waals surface area contributed by atoms with Crippen molar-refractivity contribution in [2.24, 2.45) is 10.9 Å². The third-order valence-electron chi connectivity index (χ3n) is 5.46. The molecule has 0 saturated heterocycles. The SMILES string of the molecule is COC(=O)C1C(C)=NC2=C(C(=O)OC2)C1c1ccccc1SCc1cccc(C)c1. The van der Waals surface area contributed by atoms with Crippen LogP contribution in [0, 0.1) is 12.8 Å². The molecule has 0 amide bonds. The predicted octanol–water partition coefficient (Wildman–Crippen LogP) is 4.45. The third-order valence-corrected chi connectivity index (χ3v) is 6.62. The van der Waals surface area contributed by atoms with Crippen molar-refractivity contribution in [2.45, 2.75) is 30.4 Å². The molecule has 0 radical (unpaired) electrons. The second-order valence-corrected chi connectivity index (χ2v) is 8.50. The van der Waals surface area contributed by atoms with Crippen molar-refractivity contribution in [1.82, 2.24) is 0 Å². The van der Waals surface area contributed by atoms with Crippen molar-refractivity contribution in [2.75, 3.05) is 13.7 Å². The van der Waals surface area contributed by atoms with Crippen LogP contribution in [-0.4, -0.2) is 31.4 Å². The first-order valence-electron chi connectivity index (χ1n) is 9.80. The second-order valence-electron chi connectivity index (χ2n) is 7.48. The van der Waals surface area contributed by atoms with Crippen molar-refractivity contribution in [3.05, 3.63) is 76.5 Å². The number of hydrogen-bond acceptors (Lipinski definition) is 6. The lowest BCUT2D eigenvalue weighted by atomic mass is 9.76. The van der Waals surface area contributed by atoms with Gasteiger partial charge in [0, 0.05) is 22.3 Å². The van der Waals surface area contributed by atoms with Gasteiger partial charge in [-0.2, -0.15) is 0 Å². The fourth-order valence-electron chi connectivity index (χ4n) is 4.10. The maximum atomic E-state index is 12.7. The Morgan fingerprint density at radius 3 is 2.77 bits per heavy atom. The summed E-state index contributed by atoms with van der Waals surface area (Å²) in [4.78, 5) is 30.8. The van der Waals surface area contributed by atoms with Crippen LogP contribution in [0.1, 0.15) is 29.5 Å². The number of cyclic esters (lactones) is 1.